The summed E-state index contributed by atoms with van der Waals surface area (Å²) in [5.41, 5.74) is 1.99. The molecule has 1 N–H and O–H groups in total. The van der Waals surface area contributed by atoms with Crippen molar-refractivity contribution in [2.24, 2.45) is 12.0 Å². The van der Waals surface area contributed by atoms with Crippen molar-refractivity contribution in [1.29, 1.82) is 0 Å². The number of carbonyl (C=O) groups is 2. The summed E-state index contributed by atoms with van der Waals surface area (Å²) in [6, 6.07) is 16.5. The summed E-state index contributed by atoms with van der Waals surface area (Å²) < 4.78 is 4.18. The molecule has 0 saturated carbocycles. The zero-order valence-electron chi connectivity index (χ0n) is 19.3. The molecule has 0 aliphatic carbocycles. The average Bonchev–Trinajstić information content (AvgIpc) is 3.24. The molecule has 2 aromatic carbocycles. The third kappa shape index (κ3) is 5.18. The number of carbonyl (C=O) groups excluding carboxylic acids is 2. The van der Waals surface area contributed by atoms with Gasteiger partial charge >= 0.3 is 0 Å². The first-order chi connectivity index (χ1) is 16.8. The number of aromatic nitrogens is 2. The number of anilines is 1. The minimum Gasteiger partial charge on any atom is -0.326 e. The van der Waals surface area contributed by atoms with Crippen LogP contribution in [0.1, 0.15) is 12.1 Å². The maximum atomic E-state index is 13.3. The minimum atomic E-state index is -0.649. The second-order valence-electron chi connectivity index (χ2n) is 7.91. The summed E-state index contributed by atoms with van der Waals surface area (Å²) in [5.74, 6) is -0.517. The number of aliphatic imine (C=N–C) groups is 1. The van der Waals surface area contributed by atoms with Crippen LogP contribution in [0.5, 0.6) is 0 Å². The van der Waals surface area contributed by atoms with Gasteiger partial charge in [-0.05, 0) is 43.3 Å². The van der Waals surface area contributed by atoms with Gasteiger partial charge in [-0.2, -0.15) is 0 Å². The predicted octanol–water partition coefficient (Wildman–Crippen LogP) is 4.39. The van der Waals surface area contributed by atoms with Crippen LogP contribution in [0.25, 0.3) is 5.69 Å². The largest absolute Gasteiger partial charge is 0.326 e. The lowest BCUT2D eigenvalue weighted by atomic mass is 10.2. The Morgan fingerprint density at radius 2 is 1.86 bits per heavy atom. The first-order valence-electron chi connectivity index (χ1n) is 10.9. The SMILES string of the molecule is C=CCN1C(=O)C(CC(=O)Nc2ccc(Br)cc2)SC1=Nc1c(C)n(C)n(-c2ccccc2)c1=O. The van der Waals surface area contributed by atoms with Crippen LogP contribution in [0.3, 0.4) is 0 Å². The fourth-order valence-corrected chi connectivity index (χ4v) is 5.13. The molecule has 8 nitrogen and oxygen atoms in total. The number of nitrogens with one attached hydrogen (secondary N) is 1. The zero-order valence-corrected chi connectivity index (χ0v) is 21.7. The molecule has 1 fully saturated rings. The van der Waals surface area contributed by atoms with Gasteiger partial charge in [0.2, 0.25) is 11.8 Å². The van der Waals surface area contributed by atoms with Gasteiger partial charge in [0.25, 0.3) is 5.56 Å². The second kappa shape index (κ2) is 10.5. The third-order valence-electron chi connectivity index (χ3n) is 5.56. The van der Waals surface area contributed by atoms with Gasteiger partial charge in [0.05, 0.1) is 11.4 Å². The van der Waals surface area contributed by atoms with Crippen molar-refractivity contribution in [3.63, 3.8) is 0 Å². The summed E-state index contributed by atoms with van der Waals surface area (Å²) in [6.07, 6.45) is 1.58. The summed E-state index contributed by atoms with van der Waals surface area (Å²) in [6.45, 7) is 5.77. The Bertz CT molecular complexity index is 1360. The Hall–Kier alpha value is -3.37. The van der Waals surface area contributed by atoms with Gasteiger partial charge in [-0.15, -0.1) is 6.58 Å². The van der Waals surface area contributed by atoms with E-state index in [0.29, 0.717) is 16.5 Å². The fraction of sp³-hybridized carbons (Fsp3) is 0.200. The molecule has 1 unspecified atom stereocenters. The van der Waals surface area contributed by atoms with E-state index in [9.17, 15) is 14.4 Å². The Morgan fingerprint density at radius 3 is 2.51 bits per heavy atom. The summed E-state index contributed by atoms with van der Waals surface area (Å²) in [4.78, 5) is 45.1. The summed E-state index contributed by atoms with van der Waals surface area (Å²) >= 11 is 4.55. The van der Waals surface area contributed by atoms with Crippen molar-refractivity contribution in [1.82, 2.24) is 14.3 Å². The molecular weight excluding hydrogens is 530 g/mol. The fourth-order valence-electron chi connectivity index (χ4n) is 3.71. The van der Waals surface area contributed by atoms with Gasteiger partial charge < -0.3 is 5.32 Å². The van der Waals surface area contributed by atoms with E-state index >= 15 is 0 Å². The molecule has 3 aromatic rings. The molecule has 0 bridgehead atoms. The molecule has 1 atom stereocenters. The van der Waals surface area contributed by atoms with E-state index in [4.69, 9.17) is 0 Å². The van der Waals surface area contributed by atoms with Gasteiger partial charge in [-0.25, -0.2) is 9.67 Å². The van der Waals surface area contributed by atoms with Crippen LogP contribution in [0.4, 0.5) is 11.4 Å². The molecule has 180 valence electrons. The highest BCUT2D eigenvalue weighted by Gasteiger charge is 2.39. The van der Waals surface area contributed by atoms with Gasteiger partial charge in [0, 0.05) is 30.2 Å². The molecule has 0 spiro atoms. The topological polar surface area (TPSA) is 88.7 Å². The highest BCUT2D eigenvalue weighted by Crippen LogP contribution is 2.32. The zero-order chi connectivity index (χ0) is 25.1. The Balaban J connectivity index is 1.61. The van der Waals surface area contributed by atoms with Crippen LogP contribution >= 0.6 is 27.7 Å². The van der Waals surface area contributed by atoms with Crippen molar-refractivity contribution in [3.05, 3.63) is 87.8 Å². The highest BCUT2D eigenvalue weighted by molar-refractivity contribution is 9.10. The molecule has 1 aliphatic heterocycles. The standard InChI is InChI=1S/C25H24BrN5O3S/c1-4-14-30-23(33)20(15-21(32)27-18-12-10-17(26)11-13-18)35-25(30)28-22-16(2)29(3)31(24(22)34)19-8-6-5-7-9-19/h4-13,20H,1,14-15H2,2-3H3,(H,27,32). The number of nitrogens with zero attached hydrogens (tertiary/aromatic N) is 4. The number of halogens is 1. The van der Waals surface area contributed by atoms with Gasteiger partial charge in [0.15, 0.2) is 10.9 Å². The molecule has 4 rings (SSSR count). The smallest absolute Gasteiger partial charge is 0.297 e. The van der Waals surface area contributed by atoms with Crippen molar-refractivity contribution < 1.29 is 9.59 Å². The number of thioether (sulfide) groups is 1. The van der Waals surface area contributed by atoms with Gasteiger partial charge in [0.1, 0.15) is 5.25 Å². The molecule has 1 aliphatic rings. The molecule has 0 radical (unpaired) electrons. The first kappa shape index (κ1) is 24.7. The maximum Gasteiger partial charge on any atom is 0.297 e. The van der Waals surface area contributed by atoms with E-state index in [-0.39, 0.29) is 36.0 Å². The predicted molar refractivity (Wildman–Crippen MR) is 144 cm³/mol. The van der Waals surface area contributed by atoms with E-state index < -0.39 is 5.25 Å². The molecule has 1 saturated heterocycles. The van der Waals surface area contributed by atoms with Crippen LogP contribution in [0, 0.1) is 6.92 Å². The Labute approximate surface area is 215 Å². The van der Waals surface area contributed by atoms with E-state index in [1.807, 2.05) is 49.4 Å². The number of amidine groups is 1. The lowest BCUT2D eigenvalue weighted by molar-refractivity contribution is -0.127. The van der Waals surface area contributed by atoms with Crippen molar-refractivity contribution in [3.8, 4) is 5.69 Å². The molecular formula is C25H24BrN5O3S. The molecule has 10 heteroatoms. The maximum absolute atomic E-state index is 13.3. The number of para-hydroxylation sites is 1. The van der Waals surface area contributed by atoms with Gasteiger partial charge in [-0.3, -0.25) is 24.0 Å². The second-order valence-corrected chi connectivity index (χ2v) is 9.99. The lowest BCUT2D eigenvalue weighted by Gasteiger charge is -2.13. The molecule has 35 heavy (non-hydrogen) atoms. The van der Waals surface area contributed by atoms with Gasteiger partial charge in [-0.1, -0.05) is 52.0 Å². The number of hydrogen-bond acceptors (Lipinski definition) is 5. The quantitative estimate of drug-likeness (QED) is 0.439. The van der Waals surface area contributed by atoms with E-state index in [1.54, 1.807) is 29.9 Å². The van der Waals surface area contributed by atoms with Crippen LogP contribution in [-0.4, -0.2) is 43.0 Å². The number of rotatable bonds is 7. The van der Waals surface area contributed by atoms with E-state index in [2.05, 4.69) is 32.8 Å². The van der Waals surface area contributed by atoms with E-state index in [1.165, 1.54) is 21.3 Å². The highest BCUT2D eigenvalue weighted by atomic mass is 79.9. The van der Waals surface area contributed by atoms with E-state index in [0.717, 1.165) is 10.2 Å². The number of hydrogen-bond donors (Lipinski definition) is 1. The number of benzene rings is 2. The third-order valence-corrected chi connectivity index (χ3v) is 7.27. The van der Waals surface area contributed by atoms with Crippen LogP contribution in [0.2, 0.25) is 0 Å². The lowest BCUT2D eigenvalue weighted by Crippen LogP contribution is -2.33. The Morgan fingerprint density at radius 1 is 1.17 bits per heavy atom. The van der Waals surface area contributed by atoms with Crippen LogP contribution < -0.4 is 10.9 Å². The van der Waals surface area contributed by atoms with Crippen molar-refractivity contribution in [2.75, 3.05) is 11.9 Å². The Kier molecular flexibility index (Phi) is 7.42. The molecule has 2 amide bonds. The van der Waals surface area contributed by atoms with Crippen molar-refractivity contribution in [2.45, 2.75) is 18.6 Å². The molecule has 2 heterocycles. The summed E-state index contributed by atoms with van der Waals surface area (Å²) in [7, 11) is 1.79. The monoisotopic (exact) mass is 553 g/mol. The minimum absolute atomic E-state index is 0.0196. The normalized spacial score (nSPS) is 16.7. The van der Waals surface area contributed by atoms with Crippen LogP contribution in [-0.2, 0) is 16.6 Å². The number of amides is 2. The average molecular weight is 554 g/mol. The van der Waals surface area contributed by atoms with Crippen molar-refractivity contribution >= 4 is 56.0 Å². The molecule has 1 aromatic heterocycles. The first-order valence-corrected chi connectivity index (χ1v) is 12.5. The summed E-state index contributed by atoms with van der Waals surface area (Å²) in [5, 5.41) is 2.54. The van der Waals surface area contributed by atoms with Crippen LogP contribution in [0.15, 0.2) is 81.5 Å².